The molecule has 2 nitrogen and oxygen atoms in total. The van der Waals surface area contributed by atoms with Gasteiger partial charge >= 0.3 is 0 Å². The van der Waals surface area contributed by atoms with Crippen LogP contribution in [0.25, 0.3) is 0 Å². The van der Waals surface area contributed by atoms with Crippen molar-refractivity contribution < 1.29 is 4.79 Å². The van der Waals surface area contributed by atoms with Crippen molar-refractivity contribution in [1.82, 2.24) is 4.90 Å². The molecular formula is C15H21NOS2. The van der Waals surface area contributed by atoms with E-state index in [9.17, 15) is 4.79 Å². The van der Waals surface area contributed by atoms with Crippen molar-refractivity contribution in [1.29, 1.82) is 0 Å². The van der Waals surface area contributed by atoms with Gasteiger partial charge in [-0.05, 0) is 31.6 Å². The van der Waals surface area contributed by atoms with E-state index >= 15 is 0 Å². The molecule has 1 aliphatic heterocycles. The van der Waals surface area contributed by atoms with Gasteiger partial charge in [0, 0.05) is 6.54 Å². The average Bonchev–Trinajstić information content (AvgIpc) is 2.68. The molecule has 1 aliphatic carbocycles. The van der Waals surface area contributed by atoms with Crippen molar-refractivity contribution in [2.45, 2.75) is 45.4 Å². The number of rotatable bonds is 5. The maximum absolute atomic E-state index is 12.3. The molecule has 0 aromatic rings. The standard InChI is InChI=1S/C15H21NOS2/c1-2-3-7-10-16-14(17)13(19-15(16)18)11-12-8-5-4-6-9-12/h4-5,11-12H,2-3,6-10H2,1H3/b13-11+/t12-/m1/s1. The third-order valence-electron chi connectivity index (χ3n) is 3.56. The fourth-order valence-corrected chi connectivity index (χ4v) is 3.78. The molecule has 4 heteroatoms. The summed E-state index contributed by atoms with van der Waals surface area (Å²) in [7, 11) is 0. The van der Waals surface area contributed by atoms with Crippen molar-refractivity contribution in [2.75, 3.05) is 6.54 Å². The summed E-state index contributed by atoms with van der Waals surface area (Å²) >= 11 is 6.80. The molecular weight excluding hydrogens is 274 g/mol. The fourth-order valence-electron chi connectivity index (χ4n) is 2.41. The number of hydrogen-bond acceptors (Lipinski definition) is 3. The lowest BCUT2D eigenvalue weighted by atomic mass is 9.94. The number of carbonyl (C=O) groups is 1. The molecule has 1 fully saturated rings. The zero-order valence-electron chi connectivity index (χ0n) is 11.4. The van der Waals surface area contributed by atoms with Crippen molar-refractivity contribution >= 4 is 34.2 Å². The summed E-state index contributed by atoms with van der Waals surface area (Å²) in [6.45, 7) is 2.95. The Morgan fingerprint density at radius 3 is 3.00 bits per heavy atom. The molecule has 104 valence electrons. The van der Waals surface area contributed by atoms with Crippen LogP contribution in [-0.4, -0.2) is 21.7 Å². The Morgan fingerprint density at radius 1 is 1.47 bits per heavy atom. The molecule has 0 radical (unpaired) electrons. The molecule has 1 saturated heterocycles. The van der Waals surface area contributed by atoms with Gasteiger partial charge in [-0.25, -0.2) is 0 Å². The van der Waals surface area contributed by atoms with Crippen LogP contribution in [0.15, 0.2) is 23.1 Å². The lowest BCUT2D eigenvalue weighted by Gasteiger charge is -2.15. The Hall–Kier alpha value is -0.610. The normalized spacial score (nSPS) is 25.6. The summed E-state index contributed by atoms with van der Waals surface area (Å²) in [6.07, 6.45) is 13.3. The number of thiocarbonyl (C=S) groups is 1. The first-order valence-corrected chi connectivity index (χ1v) is 8.35. The number of unbranched alkanes of at least 4 members (excludes halogenated alkanes) is 2. The van der Waals surface area contributed by atoms with Crippen molar-refractivity contribution in [3.05, 3.63) is 23.1 Å². The van der Waals surface area contributed by atoms with Crippen LogP contribution in [0.1, 0.15) is 45.4 Å². The zero-order valence-corrected chi connectivity index (χ0v) is 13.1. The summed E-state index contributed by atoms with van der Waals surface area (Å²) in [5, 5.41) is 0. The maximum atomic E-state index is 12.3. The zero-order chi connectivity index (χ0) is 13.7. The van der Waals surface area contributed by atoms with Crippen LogP contribution in [-0.2, 0) is 4.79 Å². The van der Waals surface area contributed by atoms with E-state index in [1.165, 1.54) is 18.2 Å². The highest BCUT2D eigenvalue weighted by atomic mass is 32.2. The molecule has 0 N–H and O–H groups in total. The van der Waals surface area contributed by atoms with Crippen molar-refractivity contribution in [3.8, 4) is 0 Å². The predicted molar refractivity (Wildman–Crippen MR) is 86.0 cm³/mol. The molecule has 0 aromatic heterocycles. The third kappa shape index (κ3) is 3.93. The lowest BCUT2D eigenvalue weighted by molar-refractivity contribution is -0.122. The Morgan fingerprint density at radius 2 is 2.32 bits per heavy atom. The molecule has 1 heterocycles. The Labute approximate surface area is 125 Å². The van der Waals surface area contributed by atoms with Crippen LogP contribution in [0.5, 0.6) is 0 Å². The highest BCUT2D eigenvalue weighted by Gasteiger charge is 2.31. The summed E-state index contributed by atoms with van der Waals surface area (Å²) in [4.78, 5) is 14.9. The second-order valence-electron chi connectivity index (χ2n) is 5.11. The van der Waals surface area contributed by atoms with E-state index in [-0.39, 0.29) is 5.91 Å². The predicted octanol–water partition coefficient (Wildman–Crippen LogP) is 4.28. The average molecular weight is 295 g/mol. The van der Waals surface area contributed by atoms with Crippen LogP contribution in [0, 0.1) is 5.92 Å². The van der Waals surface area contributed by atoms with Gasteiger partial charge < -0.3 is 0 Å². The summed E-state index contributed by atoms with van der Waals surface area (Å²) in [5.41, 5.74) is 0. The number of thioether (sulfide) groups is 1. The van der Waals surface area contributed by atoms with Crippen LogP contribution < -0.4 is 0 Å². The van der Waals surface area contributed by atoms with Crippen LogP contribution >= 0.6 is 24.0 Å². The smallest absolute Gasteiger partial charge is 0.265 e. The third-order valence-corrected chi connectivity index (χ3v) is 4.95. The van der Waals surface area contributed by atoms with Crippen LogP contribution in [0.3, 0.4) is 0 Å². The van der Waals surface area contributed by atoms with Gasteiger partial charge in [-0.15, -0.1) is 0 Å². The number of hydrogen-bond donors (Lipinski definition) is 0. The van der Waals surface area contributed by atoms with Gasteiger partial charge in [0.2, 0.25) is 0 Å². The first kappa shape index (κ1) is 14.8. The SMILES string of the molecule is CCCCCN1C(=O)/C(=C\[C@@H]2CC=CCC2)SC1=S. The van der Waals surface area contributed by atoms with Gasteiger partial charge in [-0.2, -0.15) is 0 Å². The minimum atomic E-state index is 0.126. The van der Waals surface area contributed by atoms with Gasteiger partial charge in [-0.1, -0.05) is 62.0 Å². The second-order valence-corrected chi connectivity index (χ2v) is 6.78. The van der Waals surface area contributed by atoms with E-state index in [1.807, 2.05) is 0 Å². The van der Waals surface area contributed by atoms with E-state index < -0.39 is 0 Å². The highest BCUT2D eigenvalue weighted by molar-refractivity contribution is 8.26. The highest BCUT2D eigenvalue weighted by Crippen LogP contribution is 2.34. The Bertz CT molecular complexity index is 414. The minimum absolute atomic E-state index is 0.126. The summed E-state index contributed by atoms with van der Waals surface area (Å²) in [6, 6.07) is 0. The molecule has 0 aromatic carbocycles. The van der Waals surface area contributed by atoms with Crippen LogP contribution in [0.2, 0.25) is 0 Å². The molecule has 0 saturated carbocycles. The molecule has 2 aliphatic rings. The second kappa shape index (κ2) is 7.25. The van der Waals surface area contributed by atoms with E-state index in [0.717, 1.165) is 47.9 Å². The van der Waals surface area contributed by atoms with E-state index in [2.05, 4.69) is 25.2 Å². The number of carbonyl (C=O) groups excluding carboxylic acids is 1. The molecule has 0 unspecified atom stereocenters. The number of allylic oxidation sites excluding steroid dienone is 3. The quantitative estimate of drug-likeness (QED) is 0.327. The Kier molecular flexibility index (Phi) is 5.64. The molecule has 0 bridgehead atoms. The molecule has 19 heavy (non-hydrogen) atoms. The van der Waals surface area contributed by atoms with Crippen molar-refractivity contribution in [3.63, 3.8) is 0 Å². The van der Waals surface area contributed by atoms with Gasteiger partial charge in [0.25, 0.3) is 5.91 Å². The van der Waals surface area contributed by atoms with E-state index in [4.69, 9.17) is 12.2 Å². The molecule has 2 rings (SSSR count). The van der Waals surface area contributed by atoms with Gasteiger partial charge in [0.05, 0.1) is 4.91 Å². The first-order valence-electron chi connectivity index (χ1n) is 7.13. The van der Waals surface area contributed by atoms with Crippen LogP contribution in [0.4, 0.5) is 0 Å². The molecule has 1 amide bonds. The molecule has 0 spiro atoms. The lowest BCUT2D eigenvalue weighted by Crippen LogP contribution is -2.29. The maximum Gasteiger partial charge on any atom is 0.265 e. The fraction of sp³-hybridized carbons (Fsp3) is 0.600. The Balaban J connectivity index is 1.96. The van der Waals surface area contributed by atoms with Gasteiger partial charge in [0.15, 0.2) is 0 Å². The van der Waals surface area contributed by atoms with E-state index in [0.29, 0.717) is 5.92 Å². The van der Waals surface area contributed by atoms with Gasteiger partial charge in [-0.3, -0.25) is 9.69 Å². The summed E-state index contributed by atoms with van der Waals surface area (Å²) in [5.74, 6) is 0.635. The first-order chi connectivity index (χ1) is 9.22. The largest absolute Gasteiger partial charge is 0.293 e. The minimum Gasteiger partial charge on any atom is -0.293 e. The van der Waals surface area contributed by atoms with E-state index in [1.54, 1.807) is 4.90 Å². The topological polar surface area (TPSA) is 20.3 Å². The molecule has 1 atom stereocenters. The monoisotopic (exact) mass is 295 g/mol. The number of nitrogens with zero attached hydrogens (tertiary/aromatic N) is 1. The van der Waals surface area contributed by atoms with Crippen molar-refractivity contribution in [2.24, 2.45) is 5.92 Å². The summed E-state index contributed by atoms with van der Waals surface area (Å²) < 4.78 is 0.735. The number of amides is 1. The van der Waals surface area contributed by atoms with Gasteiger partial charge in [0.1, 0.15) is 4.32 Å².